The maximum atomic E-state index is 5.22. The van der Waals surface area contributed by atoms with Gasteiger partial charge in [0, 0.05) is 61.3 Å². The number of rotatable bonds is 26. The maximum absolute atomic E-state index is 5.22. The van der Waals surface area contributed by atoms with Gasteiger partial charge in [-0.1, -0.05) is 32.7 Å². The molecule has 0 saturated heterocycles. The fourth-order valence-corrected chi connectivity index (χ4v) is 2.76. The van der Waals surface area contributed by atoms with Crippen LogP contribution < -0.4 is 0 Å². The van der Waals surface area contributed by atoms with E-state index in [-0.39, 0.29) is 0 Å². The molecule has 0 fully saturated rings. The minimum atomic E-state index is 0.711. The summed E-state index contributed by atoms with van der Waals surface area (Å²) in [6, 6.07) is 0. The van der Waals surface area contributed by atoms with E-state index < -0.39 is 0 Å². The summed E-state index contributed by atoms with van der Waals surface area (Å²) < 4.78 is 40.2. The summed E-state index contributed by atoms with van der Waals surface area (Å²) in [5.41, 5.74) is 0. The van der Waals surface area contributed by atoms with Crippen molar-refractivity contribution in [2.75, 3.05) is 81.3 Å². The number of hydrogen-bond donors (Lipinski definition) is 0. The van der Waals surface area contributed by atoms with Crippen molar-refractivity contribution >= 4 is 0 Å². The average Bonchev–Trinajstić information content (AvgIpc) is 2.93. The first-order valence-electron chi connectivity index (χ1n) is 15.2. The fourth-order valence-electron chi connectivity index (χ4n) is 2.76. The number of hydrogen-bond acceptors (Lipinski definition) is 8. The van der Waals surface area contributed by atoms with Crippen LogP contribution in [0, 0.1) is 0 Å². The highest BCUT2D eigenvalue weighted by atomic mass is 16.5. The second-order valence-electron chi connectivity index (χ2n) is 9.71. The van der Waals surface area contributed by atoms with E-state index in [0.717, 1.165) is 114 Å². The van der Waals surface area contributed by atoms with Crippen LogP contribution in [0.25, 0.3) is 0 Å². The largest absolute Gasteiger partial charge is 0.499 e. The first-order chi connectivity index (χ1) is 20.1. The third kappa shape index (κ3) is 66.4. The average molecular weight is 605 g/mol. The molecular formula is C34H68O8. The molecule has 0 unspecified atom stereocenters. The lowest BCUT2D eigenvalue weighted by molar-refractivity contribution is 0.146. The van der Waals surface area contributed by atoms with Crippen LogP contribution in [0.2, 0.25) is 0 Å². The lowest BCUT2D eigenvalue weighted by atomic mass is 10.2. The van der Waals surface area contributed by atoms with E-state index in [4.69, 9.17) is 37.9 Å². The highest BCUT2D eigenvalue weighted by Gasteiger charge is 1.91. The first kappa shape index (κ1) is 46.9. The predicted molar refractivity (Wildman–Crippen MR) is 177 cm³/mol. The minimum Gasteiger partial charge on any atom is -0.499 e. The normalized spacial score (nSPS) is 9.52. The van der Waals surface area contributed by atoms with Crippen molar-refractivity contribution in [1.82, 2.24) is 0 Å². The van der Waals surface area contributed by atoms with Crippen LogP contribution in [-0.4, -0.2) is 81.3 Å². The molecule has 8 nitrogen and oxygen atoms in total. The van der Waals surface area contributed by atoms with E-state index in [9.17, 15) is 0 Å². The van der Waals surface area contributed by atoms with Gasteiger partial charge in [0.05, 0.1) is 49.5 Å². The van der Waals surface area contributed by atoms with E-state index in [1.807, 2.05) is 27.7 Å². The van der Waals surface area contributed by atoms with Gasteiger partial charge in [0.1, 0.15) is 0 Å². The van der Waals surface area contributed by atoms with Gasteiger partial charge in [-0.2, -0.15) is 0 Å². The van der Waals surface area contributed by atoms with Gasteiger partial charge in [-0.25, -0.2) is 0 Å². The molecule has 252 valence electrons. The van der Waals surface area contributed by atoms with Crippen molar-refractivity contribution in [2.24, 2.45) is 0 Å². The molecule has 8 heteroatoms. The topological polar surface area (TPSA) is 73.8 Å². The van der Waals surface area contributed by atoms with Crippen molar-refractivity contribution in [3.63, 3.8) is 0 Å². The molecule has 42 heavy (non-hydrogen) atoms. The highest BCUT2D eigenvalue weighted by molar-refractivity contribution is 4.74. The van der Waals surface area contributed by atoms with Gasteiger partial charge in [-0.05, 0) is 79.1 Å². The Morgan fingerprint density at radius 3 is 0.786 bits per heavy atom. The Hall–Kier alpha value is -2.00. The van der Waals surface area contributed by atoms with Gasteiger partial charge in [0.2, 0.25) is 0 Å². The molecule has 0 aliphatic heterocycles. The third-order valence-electron chi connectivity index (χ3n) is 4.87. The number of ether oxygens (including phenoxy) is 8. The zero-order valence-corrected chi connectivity index (χ0v) is 28.8. The monoisotopic (exact) mass is 604 g/mol. The van der Waals surface area contributed by atoms with Crippen molar-refractivity contribution in [3.8, 4) is 0 Å². The van der Waals surface area contributed by atoms with Crippen LogP contribution in [0.5, 0.6) is 0 Å². The van der Waals surface area contributed by atoms with Gasteiger partial charge in [0.25, 0.3) is 0 Å². The van der Waals surface area contributed by atoms with Crippen LogP contribution in [0.3, 0.4) is 0 Å². The molecule has 0 amide bonds. The van der Waals surface area contributed by atoms with E-state index >= 15 is 0 Å². The van der Waals surface area contributed by atoms with E-state index in [0.29, 0.717) is 6.61 Å². The molecule has 0 rings (SSSR count). The second-order valence-corrected chi connectivity index (χ2v) is 9.71. The molecule has 0 aliphatic rings. The predicted octanol–water partition coefficient (Wildman–Crippen LogP) is 8.63. The Morgan fingerprint density at radius 1 is 0.310 bits per heavy atom. The van der Waals surface area contributed by atoms with Crippen molar-refractivity contribution in [3.05, 3.63) is 49.4 Å². The van der Waals surface area contributed by atoms with Crippen molar-refractivity contribution in [2.45, 2.75) is 91.9 Å². The van der Waals surface area contributed by atoms with Crippen molar-refractivity contribution < 1.29 is 37.9 Å². The Labute approximate surface area is 260 Å². The van der Waals surface area contributed by atoms with Crippen LogP contribution >= 0.6 is 0 Å². The summed E-state index contributed by atoms with van der Waals surface area (Å²) >= 11 is 0. The molecular weight excluding hydrogens is 536 g/mol. The van der Waals surface area contributed by atoms with Gasteiger partial charge in [0.15, 0.2) is 0 Å². The SMILES string of the molecule is C=C(C)OCCCCCCOC.C=C(C)OCCCCCOC.C=C(C)OCCCCOC.C=C(C)OCCCOC. The Morgan fingerprint density at radius 2 is 0.500 bits per heavy atom. The van der Waals surface area contributed by atoms with Crippen LogP contribution in [0.15, 0.2) is 49.4 Å². The molecule has 0 bridgehead atoms. The molecule has 0 aliphatic carbocycles. The summed E-state index contributed by atoms with van der Waals surface area (Å²) in [5, 5.41) is 0. The highest BCUT2D eigenvalue weighted by Crippen LogP contribution is 2.02. The zero-order chi connectivity index (χ0) is 32.7. The number of allylic oxidation sites excluding steroid dienone is 4. The number of unbranched alkanes of at least 4 members (excludes halogenated alkanes) is 6. The van der Waals surface area contributed by atoms with Gasteiger partial charge in [-0.15, -0.1) is 0 Å². The Bertz CT molecular complexity index is 578. The third-order valence-corrected chi connectivity index (χ3v) is 4.87. The quantitative estimate of drug-likeness (QED) is 0.0717. The molecule has 0 spiro atoms. The van der Waals surface area contributed by atoms with Gasteiger partial charge < -0.3 is 37.9 Å². The molecule has 0 aromatic rings. The fraction of sp³-hybridized carbons (Fsp3) is 0.765. The molecule has 0 aromatic carbocycles. The molecule has 0 saturated carbocycles. The second kappa shape index (κ2) is 43.5. The van der Waals surface area contributed by atoms with Gasteiger partial charge in [-0.3, -0.25) is 0 Å². The zero-order valence-electron chi connectivity index (χ0n) is 28.8. The summed E-state index contributed by atoms with van der Waals surface area (Å²) in [4.78, 5) is 0. The first-order valence-corrected chi connectivity index (χ1v) is 15.2. The van der Waals surface area contributed by atoms with E-state index in [1.54, 1.807) is 28.4 Å². The molecule has 0 N–H and O–H groups in total. The summed E-state index contributed by atoms with van der Waals surface area (Å²) in [6.45, 7) is 28.3. The van der Waals surface area contributed by atoms with Gasteiger partial charge >= 0.3 is 0 Å². The standard InChI is InChI=1S/C10H20O2.C9H18O2.C8H16O2.C7H14O2/c1-10(2)12-9-7-5-4-6-8-11-3;1-9(2)11-8-6-4-5-7-10-3;1-8(2)10-7-5-4-6-9-3;1-7(2)9-6-4-5-8-3/h1,4-9H2,2-3H3;1,4-8H2,2-3H3;1,4-7H2,2-3H3;1,4-6H2,2-3H3. The molecule has 0 aromatic heterocycles. The summed E-state index contributed by atoms with van der Waals surface area (Å²) in [7, 11) is 6.86. The van der Waals surface area contributed by atoms with Crippen LogP contribution in [0.4, 0.5) is 0 Å². The molecule has 0 radical (unpaired) electrons. The minimum absolute atomic E-state index is 0.711. The summed E-state index contributed by atoms with van der Waals surface area (Å²) in [6.07, 6.45) is 11.1. The lowest BCUT2D eigenvalue weighted by Crippen LogP contribution is -1.96. The lowest BCUT2D eigenvalue weighted by Gasteiger charge is -2.04. The van der Waals surface area contributed by atoms with Crippen LogP contribution in [0.1, 0.15) is 91.9 Å². The molecule has 0 heterocycles. The van der Waals surface area contributed by atoms with Crippen molar-refractivity contribution in [1.29, 1.82) is 0 Å². The maximum Gasteiger partial charge on any atom is 0.0898 e. The number of methoxy groups -OCH3 is 4. The summed E-state index contributed by atoms with van der Waals surface area (Å²) in [5.74, 6) is 3.17. The molecule has 0 atom stereocenters. The van der Waals surface area contributed by atoms with E-state index in [1.165, 1.54) is 19.3 Å². The van der Waals surface area contributed by atoms with Crippen LogP contribution in [-0.2, 0) is 37.9 Å². The van der Waals surface area contributed by atoms with E-state index in [2.05, 4.69) is 26.3 Å². The smallest absolute Gasteiger partial charge is 0.0898 e. The Kier molecular flexibility index (Phi) is 48.6. The Balaban J connectivity index is -0.000000230.